The van der Waals surface area contributed by atoms with E-state index in [1.165, 1.54) is 0 Å². The molecule has 0 rings (SSSR count). The van der Waals surface area contributed by atoms with Gasteiger partial charge in [-0.25, -0.2) is 0 Å². The van der Waals surface area contributed by atoms with Crippen LogP contribution in [0.25, 0.3) is 0 Å². The Morgan fingerprint density at radius 3 is 2.20 bits per heavy atom. The van der Waals surface area contributed by atoms with E-state index in [-0.39, 0.29) is 6.79 Å². The van der Waals surface area contributed by atoms with Crippen molar-refractivity contribution in [2.75, 3.05) is 27.6 Å². The highest BCUT2D eigenvalue weighted by Crippen LogP contribution is 2.13. The Labute approximate surface area is 92.2 Å². The van der Waals surface area contributed by atoms with Gasteiger partial charge in [0.15, 0.2) is 12.6 Å². The molecule has 0 aliphatic carbocycles. The van der Waals surface area contributed by atoms with Crippen LogP contribution < -0.4 is 0 Å². The summed E-state index contributed by atoms with van der Waals surface area (Å²) in [6, 6.07) is 0. The minimum atomic E-state index is 0.202. The van der Waals surface area contributed by atoms with Gasteiger partial charge in [0.05, 0.1) is 20.8 Å². The predicted octanol–water partition coefficient (Wildman–Crippen LogP) is 2.65. The largest absolute Gasteiger partial charge is 0.494 e. The summed E-state index contributed by atoms with van der Waals surface area (Å²) in [5.41, 5.74) is 0. The van der Waals surface area contributed by atoms with Gasteiger partial charge in [-0.15, -0.1) is 0 Å². The van der Waals surface area contributed by atoms with Crippen LogP contribution in [0.1, 0.15) is 33.1 Å². The van der Waals surface area contributed by atoms with Gasteiger partial charge in [0.25, 0.3) is 0 Å². The van der Waals surface area contributed by atoms with Crippen molar-refractivity contribution in [3.8, 4) is 0 Å². The summed E-state index contributed by atoms with van der Waals surface area (Å²) in [4.78, 5) is 0. The standard InChI is InChI=1S/C11H22O4/c1-5-7-10(12-3)11(13-4)15-9-14-8-6-2/h5-9H2,1-4H3/b11-10-. The van der Waals surface area contributed by atoms with E-state index < -0.39 is 0 Å². The lowest BCUT2D eigenvalue weighted by molar-refractivity contribution is -0.0738. The van der Waals surface area contributed by atoms with Crippen molar-refractivity contribution in [2.45, 2.75) is 33.1 Å². The quantitative estimate of drug-likeness (QED) is 0.339. The van der Waals surface area contributed by atoms with Crippen molar-refractivity contribution in [3.05, 3.63) is 11.7 Å². The van der Waals surface area contributed by atoms with Gasteiger partial charge in [-0.3, -0.25) is 0 Å². The zero-order valence-electron chi connectivity index (χ0n) is 10.2. The van der Waals surface area contributed by atoms with Gasteiger partial charge in [-0.1, -0.05) is 13.8 Å². The number of methoxy groups -OCH3 is 2. The molecule has 0 amide bonds. The predicted molar refractivity (Wildman–Crippen MR) is 58.1 cm³/mol. The molecule has 0 spiro atoms. The second-order valence-electron chi connectivity index (χ2n) is 3.04. The number of allylic oxidation sites excluding steroid dienone is 1. The topological polar surface area (TPSA) is 36.9 Å². The molecule has 0 aromatic rings. The van der Waals surface area contributed by atoms with Crippen LogP contribution >= 0.6 is 0 Å². The van der Waals surface area contributed by atoms with Gasteiger partial charge >= 0.3 is 5.95 Å². The molecular weight excluding hydrogens is 196 g/mol. The minimum absolute atomic E-state index is 0.202. The highest BCUT2D eigenvalue weighted by atomic mass is 16.7. The van der Waals surface area contributed by atoms with Crippen LogP contribution in [-0.2, 0) is 18.9 Å². The van der Waals surface area contributed by atoms with Crippen LogP contribution in [0.15, 0.2) is 11.7 Å². The van der Waals surface area contributed by atoms with E-state index in [1.807, 2.05) is 6.92 Å². The van der Waals surface area contributed by atoms with Crippen molar-refractivity contribution in [3.63, 3.8) is 0 Å². The molecule has 90 valence electrons. The summed E-state index contributed by atoms with van der Waals surface area (Å²) in [5.74, 6) is 1.13. The summed E-state index contributed by atoms with van der Waals surface area (Å²) in [5, 5.41) is 0. The Balaban J connectivity index is 4.05. The van der Waals surface area contributed by atoms with Crippen molar-refractivity contribution in [2.24, 2.45) is 0 Å². The molecule has 0 saturated carbocycles. The van der Waals surface area contributed by atoms with Gasteiger partial charge in [0.2, 0.25) is 0 Å². The Kier molecular flexibility index (Phi) is 9.07. The first kappa shape index (κ1) is 14.1. The zero-order valence-corrected chi connectivity index (χ0v) is 10.2. The lowest BCUT2D eigenvalue weighted by Gasteiger charge is -2.13. The highest BCUT2D eigenvalue weighted by molar-refractivity contribution is 4.94. The molecule has 0 heterocycles. The average Bonchev–Trinajstić information content (AvgIpc) is 2.27. The van der Waals surface area contributed by atoms with Crippen LogP contribution in [0.4, 0.5) is 0 Å². The summed E-state index contributed by atoms with van der Waals surface area (Å²) in [6.07, 6.45) is 2.75. The molecule has 0 bridgehead atoms. The Morgan fingerprint density at radius 1 is 1.00 bits per heavy atom. The molecule has 0 saturated heterocycles. The van der Waals surface area contributed by atoms with E-state index in [1.54, 1.807) is 14.2 Å². The minimum Gasteiger partial charge on any atom is -0.494 e. The first-order valence-electron chi connectivity index (χ1n) is 5.31. The van der Waals surface area contributed by atoms with E-state index in [0.717, 1.165) is 25.0 Å². The molecule has 4 nitrogen and oxygen atoms in total. The van der Waals surface area contributed by atoms with E-state index in [4.69, 9.17) is 18.9 Å². The van der Waals surface area contributed by atoms with Crippen LogP contribution in [0.3, 0.4) is 0 Å². The van der Waals surface area contributed by atoms with Gasteiger partial charge < -0.3 is 18.9 Å². The molecule has 0 aromatic carbocycles. The Morgan fingerprint density at radius 2 is 1.73 bits per heavy atom. The molecule has 15 heavy (non-hydrogen) atoms. The second kappa shape index (κ2) is 9.65. The van der Waals surface area contributed by atoms with Gasteiger partial charge in [-0.2, -0.15) is 0 Å². The monoisotopic (exact) mass is 218 g/mol. The fourth-order valence-corrected chi connectivity index (χ4v) is 1.07. The second-order valence-corrected chi connectivity index (χ2v) is 3.04. The zero-order chi connectivity index (χ0) is 11.5. The number of hydrogen-bond donors (Lipinski definition) is 0. The maximum absolute atomic E-state index is 5.31. The Hall–Kier alpha value is -0.900. The third-order valence-corrected chi connectivity index (χ3v) is 1.76. The average molecular weight is 218 g/mol. The number of hydrogen-bond acceptors (Lipinski definition) is 4. The van der Waals surface area contributed by atoms with Crippen LogP contribution in [0, 0.1) is 0 Å². The maximum atomic E-state index is 5.31. The third kappa shape index (κ3) is 6.23. The summed E-state index contributed by atoms with van der Waals surface area (Å²) in [6.45, 7) is 5.01. The van der Waals surface area contributed by atoms with Crippen molar-refractivity contribution < 1.29 is 18.9 Å². The Bertz CT molecular complexity index is 177. The summed E-state index contributed by atoms with van der Waals surface area (Å²) < 4.78 is 20.8. The third-order valence-electron chi connectivity index (χ3n) is 1.76. The maximum Gasteiger partial charge on any atom is 0.320 e. The van der Waals surface area contributed by atoms with Gasteiger partial charge in [0, 0.05) is 6.42 Å². The molecular formula is C11H22O4. The lowest BCUT2D eigenvalue weighted by atomic mass is 10.3. The molecule has 0 fully saturated rings. The van der Waals surface area contributed by atoms with Gasteiger partial charge in [0.1, 0.15) is 0 Å². The molecule has 0 aliphatic heterocycles. The van der Waals surface area contributed by atoms with Crippen molar-refractivity contribution >= 4 is 0 Å². The first-order valence-corrected chi connectivity index (χ1v) is 5.31. The number of ether oxygens (including phenoxy) is 4. The van der Waals surface area contributed by atoms with Gasteiger partial charge in [-0.05, 0) is 12.8 Å². The lowest BCUT2D eigenvalue weighted by Crippen LogP contribution is -2.06. The van der Waals surface area contributed by atoms with E-state index >= 15 is 0 Å². The SMILES string of the molecule is CCCOCO/C(OC)=C(/CCC)OC. The van der Waals surface area contributed by atoms with Crippen LogP contribution in [-0.4, -0.2) is 27.6 Å². The molecule has 0 atom stereocenters. The van der Waals surface area contributed by atoms with E-state index in [9.17, 15) is 0 Å². The molecule has 0 unspecified atom stereocenters. The van der Waals surface area contributed by atoms with Crippen LogP contribution in [0.2, 0.25) is 0 Å². The summed E-state index contributed by atoms with van der Waals surface area (Å²) in [7, 11) is 3.17. The molecule has 0 aliphatic rings. The fraction of sp³-hybridized carbons (Fsp3) is 0.818. The van der Waals surface area contributed by atoms with Crippen molar-refractivity contribution in [1.29, 1.82) is 0 Å². The molecule has 0 aromatic heterocycles. The molecule has 0 radical (unpaired) electrons. The fourth-order valence-electron chi connectivity index (χ4n) is 1.07. The summed E-state index contributed by atoms with van der Waals surface area (Å²) >= 11 is 0. The normalized spacial score (nSPS) is 12.0. The molecule has 0 N–H and O–H groups in total. The van der Waals surface area contributed by atoms with E-state index in [2.05, 4.69) is 6.92 Å². The molecule has 4 heteroatoms. The van der Waals surface area contributed by atoms with Crippen LogP contribution in [0.5, 0.6) is 0 Å². The first-order chi connectivity index (χ1) is 7.29. The smallest absolute Gasteiger partial charge is 0.320 e. The number of rotatable bonds is 9. The van der Waals surface area contributed by atoms with E-state index in [0.29, 0.717) is 12.6 Å². The highest BCUT2D eigenvalue weighted by Gasteiger charge is 2.08. The van der Waals surface area contributed by atoms with Crippen molar-refractivity contribution in [1.82, 2.24) is 0 Å².